The van der Waals surface area contributed by atoms with Crippen molar-refractivity contribution in [1.82, 2.24) is 5.32 Å². The number of unbranched alkanes of at least 4 members (excludes halogenated alkanes) is 45. The van der Waals surface area contributed by atoms with E-state index in [1.54, 1.807) is 0 Å². The third-order valence-corrected chi connectivity index (χ3v) is 14.6. The van der Waals surface area contributed by atoms with E-state index >= 15 is 0 Å². The number of nitrogens with one attached hydrogen (secondary N) is 1. The Morgan fingerprint density at radius 3 is 1.04 bits per heavy atom. The molecule has 0 heterocycles. The Labute approximate surface area is 425 Å². The van der Waals surface area contributed by atoms with Crippen molar-refractivity contribution in [1.29, 1.82) is 0 Å². The monoisotopic (exact) mass is 960 g/mol. The smallest absolute Gasteiger partial charge is 0.305 e. The molecule has 0 rings (SSSR count). The molecule has 0 saturated carbocycles. The van der Waals surface area contributed by atoms with Crippen LogP contribution in [0.4, 0.5) is 0 Å². The first-order valence-electron chi connectivity index (χ1n) is 30.9. The first-order chi connectivity index (χ1) is 33.5. The Bertz CT molecular complexity index is 1020. The minimum Gasteiger partial charge on any atom is -0.466 e. The molecule has 6 heteroatoms. The average Bonchev–Trinajstić information content (AvgIpc) is 3.34. The van der Waals surface area contributed by atoms with E-state index in [1.165, 1.54) is 238 Å². The van der Waals surface area contributed by atoms with Crippen molar-refractivity contribution >= 4 is 11.9 Å². The van der Waals surface area contributed by atoms with Crippen molar-refractivity contribution < 1.29 is 24.5 Å². The molecule has 0 aliphatic rings. The molecule has 2 atom stereocenters. The number of allylic oxidation sites excluding steroid dienone is 2. The van der Waals surface area contributed by atoms with E-state index in [2.05, 4.69) is 31.3 Å². The molecule has 0 fully saturated rings. The number of carbonyl (C=O) groups excluding carboxylic acids is 2. The Balaban J connectivity index is 3.46. The third-order valence-electron chi connectivity index (χ3n) is 14.6. The van der Waals surface area contributed by atoms with Gasteiger partial charge < -0.3 is 20.3 Å². The second kappa shape index (κ2) is 58.2. The zero-order valence-electron chi connectivity index (χ0n) is 46.1. The minimum absolute atomic E-state index is 0.0175. The minimum atomic E-state index is -0.681. The van der Waals surface area contributed by atoms with E-state index in [4.69, 9.17) is 4.74 Å². The molecule has 0 radical (unpaired) electrons. The lowest BCUT2D eigenvalue weighted by atomic mass is 10.0. The maximum absolute atomic E-state index is 12.5. The van der Waals surface area contributed by atoms with E-state index in [0.29, 0.717) is 25.9 Å². The number of rotatable bonds is 58. The van der Waals surface area contributed by atoms with Crippen LogP contribution in [0.3, 0.4) is 0 Å². The van der Waals surface area contributed by atoms with Crippen LogP contribution in [-0.4, -0.2) is 47.4 Å². The van der Waals surface area contributed by atoms with Gasteiger partial charge in [-0.15, -0.1) is 0 Å². The van der Waals surface area contributed by atoms with Crippen molar-refractivity contribution in [3.05, 3.63) is 12.2 Å². The summed E-state index contributed by atoms with van der Waals surface area (Å²) < 4.78 is 5.47. The van der Waals surface area contributed by atoms with Crippen LogP contribution in [0.2, 0.25) is 0 Å². The van der Waals surface area contributed by atoms with Gasteiger partial charge >= 0.3 is 5.97 Å². The van der Waals surface area contributed by atoms with Crippen LogP contribution in [0.15, 0.2) is 12.2 Å². The van der Waals surface area contributed by atoms with E-state index < -0.39 is 12.1 Å². The molecule has 0 aromatic heterocycles. The predicted octanol–water partition coefficient (Wildman–Crippen LogP) is 19.2. The fourth-order valence-corrected chi connectivity index (χ4v) is 9.81. The molecule has 6 nitrogen and oxygen atoms in total. The van der Waals surface area contributed by atoms with E-state index in [1.807, 2.05) is 0 Å². The van der Waals surface area contributed by atoms with Gasteiger partial charge in [-0.2, -0.15) is 0 Å². The summed E-state index contributed by atoms with van der Waals surface area (Å²) in [5.41, 5.74) is 0. The van der Waals surface area contributed by atoms with Crippen LogP contribution in [-0.2, 0) is 14.3 Å². The summed E-state index contributed by atoms with van der Waals surface area (Å²) in [6, 6.07) is -0.560. The highest BCUT2D eigenvalue weighted by atomic mass is 16.5. The van der Waals surface area contributed by atoms with Crippen LogP contribution in [0, 0.1) is 0 Å². The maximum atomic E-state index is 12.5. The Hall–Kier alpha value is -1.40. The van der Waals surface area contributed by atoms with Gasteiger partial charge in [0.25, 0.3) is 0 Å². The van der Waals surface area contributed by atoms with E-state index in [-0.39, 0.29) is 18.5 Å². The summed E-state index contributed by atoms with van der Waals surface area (Å²) in [7, 11) is 0. The summed E-state index contributed by atoms with van der Waals surface area (Å²) in [5, 5.41) is 23.3. The van der Waals surface area contributed by atoms with Gasteiger partial charge in [-0.25, -0.2) is 0 Å². The van der Waals surface area contributed by atoms with Gasteiger partial charge in [0.05, 0.1) is 25.4 Å². The van der Waals surface area contributed by atoms with Crippen molar-refractivity contribution in [3.63, 3.8) is 0 Å². The lowest BCUT2D eigenvalue weighted by Crippen LogP contribution is -2.45. The SMILES string of the molecule is CCCCCCCCCCCCCCCCCCCCCCCCC(O)C(CO)NC(=O)CCCCCCC/C=C\CCCCCOC(=O)CCCCCCCCCCCCCCCCCCC. The Morgan fingerprint density at radius 2 is 0.691 bits per heavy atom. The number of esters is 1. The van der Waals surface area contributed by atoms with Crippen LogP contribution in [0.25, 0.3) is 0 Å². The summed E-state index contributed by atoms with van der Waals surface area (Å²) in [4.78, 5) is 24.6. The second-order valence-corrected chi connectivity index (χ2v) is 21.4. The van der Waals surface area contributed by atoms with Crippen molar-refractivity contribution in [2.75, 3.05) is 13.2 Å². The molecule has 2 unspecified atom stereocenters. The number of hydrogen-bond acceptors (Lipinski definition) is 5. The molecule has 0 aromatic rings. The van der Waals surface area contributed by atoms with Crippen molar-refractivity contribution in [3.8, 4) is 0 Å². The van der Waals surface area contributed by atoms with Crippen LogP contribution >= 0.6 is 0 Å². The van der Waals surface area contributed by atoms with Crippen molar-refractivity contribution in [2.24, 2.45) is 0 Å². The Kier molecular flexibility index (Phi) is 57.0. The van der Waals surface area contributed by atoms with Crippen molar-refractivity contribution in [2.45, 2.75) is 360 Å². The topological polar surface area (TPSA) is 95.9 Å². The molecule has 1 amide bonds. The fraction of sp³-hybridized carbons (Fsp3) is 0.935. The molecule has 0 bridgehead atoms. The zero-order chi connectivity index (χ0) is 49.3. The number of aliphatic hydroxyl groups excluding tert-OH is 2. The van der Waals surface area contributed by atoms with Crippen LogP contribution in [0.1, 0.15) is 348 Å². The number of carbonyl (C=O) groups is 2. The zero-order valence-corrected chi connectivity index (χ0v) is 46.1. The molecule has 0 aromatic carbocycles. The average molecular weight is 961 g/mol. The Morgan fingerprint density at radius 1 is 0.397 bits per heavy atom. The number of amides is 1. The lowest BCUT2D eigenvalue weighted by Gasteiger charge is -2.22. The molecule has 68 heavy (non-hydrogen) atoms. The molecule has 0 aliphatic heterocycles. The van der Waals surface area contributed by atoms with Gasteiger partial charge in [-0.1, -0.05) is 289 Å². The molecular formula is C62H121NO5. The summed E-state index contributed by atoms with van der Waals surface area (Å²) in [5.74, 6) is -0.0740. The summed E-state index contributed by atoms with van der Waals surface area (Å²) in [6.07, 6.45) is 69.3. The number of ether oxygens (including phenoxy) is 1. The lowest BCUT2D eigenvalue weighted by molar-refractivity contribution is -0.143. The summed E-state index contributed by atoms with van der Waals surface area (Å²) >= 11 is 0. The predicted molar refractivity (Wildman–Crippen MR) is 297 cm³/mol. The largest absolute Gasteiger partial charge is 0.466 e. The van der Waals surface area contributed by atoms with Gasteiger partial charge in [0.2, 0.25) is 5.91 Å². The van der Waals surface area contributed by atoms with Gasteiger partial charge in [0.1, 0.15) is 0 Å². The van der Waals surface area contributed by atoms with E-state index in [9.17, 15) is 19.8 Å². The quantitative estimate of drug-likeness (QED) is 0.0321. The molecule has 0 aliphatic carbocycles. The highest BCUT2D eigenvalue weighted by molar-refractivity contribution is 5.76. The first kappa shape index (κ1) is 66.6. The van der Waals surface area contributed by atoms with Gasteiger partial charge in [0, 0.05) is 12.8 Å². The normalized spacial score (nSPS) is 12.6. The highest BCUT2D eigenvalue weighted by Crippen LogP contribution is 2.18. The molecular weight excluding hydrogens is 839 g/mol. The highest BCUT2D eigenvalue weighted by Gasteiger charge is 2.20. The molecule has 0 saturated heterocycles. The van der Waals surface area contributed by atoms with Gasteiger partial charge in [-0.3, -0.25) is 9.59 Å². The maximum Gasteiger partial charge on any atom is 0.305 e. The van der Waals surface area contributed by atoms with Crippen LogP contribution < -0.4 is 5.32 Å². The fourth-order valence-electron chi connectivity index (χ4n) is 9.81. The number of hydrogen-bond donors (Lipinski definition) is 3. The third kappa shape index (κ3) is 53.9. The van der Waals surface area contributed by atoms with E-state index in [0.717, 1.165) is 77.0 Å². The van der Waals surface area contributed by atoms with Gasteiger partial charge in [-0.05, 0) is 57.8 Å². The molecule has 3 N–H and O–H groups in total. The first-order valence-corrected chi connectivity index (χ1v) is 30.9. The summed E-state index contributed by atoms with van der Waals surface area (Å²) in [6.45, 7) is 4.93. The molecule has 0 spiro atoms. The van der Waals surface area contributed by atoms with Crippen LogP contribution in [0.5, 0.6) is 0 Å². The standard InChI is InChI=1S/C62H121NO5/c1-3-5-7-9-11-13-15-17-19-21-22-23-24-25-27-28-30-34-38-42-46-50-54-60(65)59(58-64)63-61(66)55-51-47-43-39-35-32-33-37-41-45-49-53-57-68-62(67)56-52-48-44-40-36-31-29-26-20-18-16-14-12-10-8-6-4-2/h33,37,59-60,64-65H,3-32,34-36,38-58H2,1-2H3,(H,63,66)/b37-33-. The number of aliphatic hydroxyl groups is 2. The molecule has 404 valence electrons. The van der Waals surface area contributed by atoms with Gasteiger partial charge in [0.15, 0.2) is 0 Å². The second-order valence-electron chi connectivity index (χ2n) is 21.4.